The molecule has 0 amide bonds. The van der Waals surface area contributed by atoms with Gasteiger partial charge in [-0.2, -0.15) is 0 Å². The van der Waals surface area contributed by atoms with Crippen LogP contribution in [0.1, 0.15) is 58.8 Å². The molecule has 0 radical (unpaired) electrons. The zero-order chi connectivity index (χ0) is 17.9. The van der Waals surface area contributed by atoms with Gasteiger partial charge in [0.1, 0.15) is 0 Å². The van der Waals surface area contributed by atoms with Crippen molar-refractivity contribution in [3.05, 3.63) is 0 Å². The molecule has 1 heterocycles. The molecule has 1 aliphatic heterocycles. The maximum absolute atomic E-state index is 11.6. The molecule has 0 aromatic rings. The molecule has 3 rings (SSSR count). The van der Waals surface area contributed by atoms with Crippen LogP contribution in [0.25, 0.3) is 0 Å². The Hall–Kier alpha value is -0.0500. The molecule has 0 aromatic carbocycles. The van der Waals surface area contributed by atoms with Crippen LogP contribution in [0.2, 0.25) is 0 Å². The highest BCUT2D eigenvalue weighted by Crippen LogP contribution is 2.42. The number of rotatable bonds is 5. The van der Waals surface area contributed by atoms with E-state index in [-0.39, 0.29) is 29.9 Å². The third-order valence-electron chi connectivity index (χ3n) is 6.13. The molecule has 2 saturated carbocycles. The Labute approximate surface area is 176 Å². The molecule has 1 saturated heterocycles. The minimum atomic E-state index is -2.81. The number of sulfone groups is 1. The van der Waals surface area contributed by atoms with E-state index >= 15 is 0 Å². The molecule has 2 N–H and O–H groups in total. The van der Waals surface area contributed by atoms with E-state index in [2.05, 4.69) is 24.5 Å². The Balaban J connectivity index is 0.00000243. The first-order chi connectivity index (χ1) is 11.9. The summed E-state index contributed by atoms with van der Waals surface area (Å²) in [7, 11) is -2.81. The lowest BCUT2D eigenvalue weighted by Crippen LogP contribution is -2.47. The van der Waals surface area contributed by atoms with Crippen molar-refractivity contribution >= 4 is 39.8 Å². The first-order valence-corrected chi connectivity index (χ1v) is 12.0. The van der Waals surface area contributed by atoms with Gasteiger partial charge in [0.05, 0.1) is 11.5 Å². The van der Waals surface area contributed by atoms with Gasteiger partial charge in [0, 0.05) is 19.1 Å². The van der Waals surface area contributed by atoms with Crippen molar-refractivity contribution in [1.29, 1.82) is 0 Å². The van der Waals surface area contributed by atoms with Crippen LogP contribution in [0.15, 0.2) is 4.99 Å². The second-order valence-corrected chi connectivity index (χ2v) is 11.1. The highest BCUT2D eigenvalue weighted by Gasteiger charge is 2.34. The zero-order valence-corrected chi connectivity index (χ0v) is 19.4. The molecule has 0 aromatic heterocycles. The molecule has 3 fully saturated rings. The third kappa shape index (κ3) is 6.53. The average Bonchev–Trinajstić information content (AvgIpc) is 3.15. The molecule has 4 unspecified atom stereocenters. The van der Waals surface area contributed by atoms with Crippen LogP contribution in [0.4, 0.5) is 0 Å². The number of halogens is 1. The van der Waals surface area contributed by atoms with Gasteiger partial charge >= 0.3 is 0 Å². The van der Waals surface area contributed by atoms with E-state index in [9.17, 15) is 8.42 Å². The summed E-state index contributed by atoms with van der Waals surface area (Å²) in [6.07, 6.45) is 8.87. The van der Waals surface area contributed by atoms with Gasteiger partial charge in [-0.1, -0.05) is 33.1 Å². The predicted octanol–water partition coefficient (Wildman–Crippen LogP) is 3.20. The van der Waals surface area contributed by atoms with Gasteiger partial charge in [-0.25, -0.2) is 8.42 Å². The van der Waals surface area contributed by atoms with E-state index in [0.717, 1.165) is 30.8 Å². The summed E-state index contributed by atoms with van der Waals surface area (Å²) in [5, 5.41) is 7.09. The lowest BCUT2D eigenvalue weighted by atomic mass is 9.79. The van der Waals surface area contributed by atoms with Gasteiger partial charge in [0.15, 0.2) is 15.8 Å². The predicted molar refractivity (Wildman–Crippen MR) is 119 cm³/mol. The first-order valence-electron chi connectivity index (χ1n) is 10.2. The van der Waals surface area contributed by atoms with Crippen molar-refractivity contribution in [2.24, 2.45) is 28.7 Å². The molecule has 3 aliphatic rings. The van der Waals surface area contributed by atoms with Crippen molar-refractivity contribution in [1.82, 2.24) is 10.6 Å². The third-order valence-corrected chi connectivity index (χ3v) is 7.97. The summed E-state index contributed by atoms with van der Waals surface area (Å²) in [6, 6.07) is 0.519. The van der Waals surface area contributed by atoms with Gasteiger partial charge < -0.3 is 10.6 Å². The summed E-state index contributed by atoms with van der Waals surface area (Å²) in [5.41, 5.74) is 0. The molecule has 26 heavy (non-hydrogen) atoms. The summed E-state index contributed by atoms with van der Waals surface area (Å²) in [5.74, 6) is 4.17. The smallest absolute Gasteiger partial charge is 0.191 e. The maximum atomic E-state index is 11.6. The number of nitrogens with zero attached hydrogens (tertiary/aromatic N) is 1. The van der Waals surface area contributed by atoms with Crippen molar-refractivity contribution in [3.63, 3.8) is 0 Å². The van der Waals surface area contributed by atoms with Crippen LogP contribution >= 0.6 is 24.0 Å². The summed E-state index contributed by atoms with van der Waals surface area (Å²) in [6.45, 7) is 5.86. The maximum Gasteiger partial charge on any atom is 0.191 e. The number of nitrogens with one attached hydrogen (secondary N) is 2. The van der Waals surface area contributed by atoms with E-state index < -0.39 is 9.84 Å². The molecular formula is C19H36IN3O2S. The Kier molecular flexibility index (Phi) is 8.50. The van der Waals surface area contributed by atoms with Crippen molar-refractivity contribution in [2.45, 2.75) is 64.8 Å². The Morgan fingerprint density at radius 2 is 1.88 bits per heavy atom. The normalized spacial score (nSPS) is 33.6. The minimum Gasteiger partial charge on any atom is -0.356 e. The quantitative estimate of drug-likeness (QED) is 0.348. The Morgan fingerprint density at radius 1 is 1.12 bits per heavy atom. The van der Waals surface area contributed by atoms with Crippen LogP contribution in [0, 0.1) is 23.7 Å². The second-order valence-electron chi connectivity index (χ2n) is 8.84. The van der Waals surface area contributed by atoms with E-state index in [1.807, 2.05) is 0 Å². The standard InChI is InChI=1S/C19H35N3O2S.HI/c1-14(2)11-20-19(21-12-15-8-9-25(23,24)13-15)22-18-7-6-16-4-3-5-17(16)10-18;/h14-18H,3-13H2,1-2H3,(H2,20,21,22);1H. The van der Waals surface area contributed by atoms with Gasteiger partial charge in [0.25, 0.3) is 0 Å². The molecular weight excluding hydrogens is 461 g/mol. The van der Waals surface area contributed by atoms with E-state index in [0.29, 0.717) is 30.0 Å². The summed E-state index contributed by atoms with van der Waals surface area (Å²) >= 11 is 0. The number of hydrogen-bond acceptors (Lipinski definition) is 3. The fraction of sp³-hybridized carbons (Fsp3) is 0.947. The molecule has 5 nitrogen and oxygen atoms in total. The van der Waals surface area contributed by atoms with E-state index in [1.54, 1.807) is 0 Å². The lowest BCUT2D eigenvalue weighted by Gasteiger charge is -2.33. The topological polar surface area (TPSA) is 70.6 Å². The van der Waals surface area contributed by atoms with E-state index in [1.165, 1.54) is 38.5 Å². The van der Waals surface area contributed by atoms with Crippen molar-refractivity contribution in [2.75, 3.05) is 24.6 Å². The molecule has 0 bridgehead atoms. The molecule has 2 aliphatic carbocycles. The molecule has 7 heteroatoms. The van der Waals surface area contributed by atoms with Gasteiger partial charge in [-0.3, -0.25) is 4.99 Å². The average molecular weight is 497 g/mol. The van der Waals surface area contributed by atoms with Gasteiger partial charge in [-0.05, 0) is 49.4 Å². The van der Waals surface area contributed by atoms with Crippen LogP contribution < -0.4 is 10.6 Å². The monoisotopic (exact) mass is 497 g/mol. The van der Waals surface area contributed by atoms with Crippen LogP contribution in [0.3, 0.4) is 0 Å². The van der Waals surface area contributed by atoms with Crippen molar-refractivity contribution < 1.29 is 8.42 Å². The van der Waals surface area contributed by atoms with Crippen LogP contribution in [0.5, 0.6) is 0 Å². The largest absolute Gasteiger partial charge is 0.356 e. The summed E-state index contributed by atoms with van der Waals surface area (Å²) < 4.78 is 23.3. The highest BCUT2D eigenvalue weighted by atomic mass is 127. The number of guanidine groups is 1. The van der Waals surface area contributed by atoms with Gasteiger partial charge in [-0.15, -0.1) is 24.0 Å². The number of hydrogen-bond donors (Lipinski definition) is 2. The SMILES string of the molecule is CC(C)CN=C(NCC1CCS(=O)(=O)C1)NC1CCC2CCCC2C1.I. The molecule has 4 atom stereocenters. The number of fused-ring (bicyclic) bond motifs is 1. The second kappa shape index (κ2) is 9.94. The highest BCUT2D eigenvalue weighted by molar-refractivity contribution is 14.0. The van der Waals surface area contributed by atoms with Crippen molar-refractivity contribution in [3.8, 4) is 0 Å². The Morgan fingerprint density at radius 3 is 2.58 bits per heavy atom. The fourth-order valence-electron chi connectivity index (χ4n) is 4.73. The fourth-order valence-corrected chi connectivity index (χ4v) is 6.59. The molecule has 152 valence electrons. The minimum absolute atomic E-state index is 0. The van der Waals surface area contributed by atoms with Crippen LogP contribution in [-0.2, 0) is 9.84 Å². The zero-order valence-electron chi connectivity index (χ0n) is 16.2. The van der Waals surface area contributed by atoms with Crippen LogP contribution in [-0.4, -0.2) is 45.0 Å². The Bertz CT molecular complexity index is 579. The first kappa shape index (κ1) is 22.2. The van der Waals surface area contributed by atoms with E-state index in [4.69, 9.17) is 4.99 Å². The lowest BCUT2D eigenvalue weighted by molar-refractivity contribution is 0.239. The summed E-state index contributed by atoms with van der Waals surface area (Å²) in [4.78, 5) is 4.75. The number of aliphatic imine (C=N–C) groups is 1. The van der Waals surface area contributed by atoms with Gasteiger partial charge in [0.2, 0.25) is 0 Å². The molecule has 0 spiro atoms.